The summed E-state index contributed by atoms with van der Waals surface area (Å²) in [7, 11) is 5.50. The molecule has 14 heteroatoms. The summed E-state index contributed by atoms with van der Waals surface area (Å²) in [6.45, 7) is 11.2. The zero-order valence-corrected chi connectivity index (χ0v) is 37.6. The minimum atomic E-state index is -1.18. The van der Waals surface area contributed by atoms with Crippen molar-refractivity contribution in [1.82, 2.24) is 29.0 Å². The number of rotatable bonds is 13. The number of aromatic nitrogens is 5. The number of hydrogen-bond donors (Lipinski definition) is 1. The number of aromatic carboxylic acids is 1. The summed E-state index contributed by atoms with van der Waals surface area (Å²) in [5, 5.41) is 13.7. The molecule has 0 fully saturated rings. The van der Waals surface area contributed by atoms with Crippen molar-refractivity contribution in [2.75, 3.05) is 39.3 Å². The SMILES string of the molecule is COc1cccc2c1c(N1C[C@@H](C)n3c(c(CCCOc4cc(C)c(Cl)c(C)c4)c4ccc(Cl)c(-c5c(C)nc(CN(C)C)nc5C)c43)C1=O)c(C(=O)O)n2Cc1ccccn1. The van der Waals surface area contributed by atoms with Crippen LogP contribution in [0.4, 0.5) is 5.69 Å². The minimum Gasteiger partial charge on any atom is -0.496 e. The number of fused-ring (bicyclic) bond motifs is 4. The Morgan fingerprint density at radius 3 is 2.34 bits per heavy atom. The van der Waals surface area contributed by atoms with Gasteiger partial charge in [0.05, 0.1) is 59.6 Å². The first kappa shape index (κ1) is 42.7. The maximum absolute atomic E-state index is 15.7. The second-order valence-corrected chi connectivity index (χ2v) is 17.1. The molecule has 1 amide bonds. The van der Waals surface area contributed by atoms with Gasteiger partial charge in [-0.15, -0.1) is 0 Å². The number of carbonyl (C=O) groups excluding carboxylic acids is 1. The van der Waals surface area contributed by atoms with E-state index in [0.29, 0.717) is 69.9 Å². The van der Waals surface area contributed by atoms with Crippen molar-refractivity contribution in [3.63, 3.8) is 0 Å². The third-order valence-corrected chi connectivity index (χ3v) is 12.5. The highest BCUT2D eigenvalue weighted by atomic mass is 35.5. The van der Waals surface area contributed by atoms with E-state index in [2.05, 4.69) is 9.55 Å². The Labute approximate surface area is 370 Å². The van der Waals surface area contributed by atoms with E-state index in [0.717, 1.165) is 55.9 Å². The third-order valence-electron chi connectivity index (χ3n) is 11.6. The van der Waals surface area contributed by atoms with Gasteiger partial charge in [0, 0.05) is 51.7 Å². The van der Waals surface area contributed by atoms with Crippen LogP contribution in [0.2, 0.25) is 10.0 Å². The van der Waals surface area contributed by atoms with Crippen LogP contribution >= 0.6 is 23.2 Å². The average molecular weight is 875 g/mol. The number of carbonyl (C=O) groups is 2. The minimum absolute atomic E-state index is 0.0336. The molecule has 1 aliphatic heterocycles. The predicted molar refractivity (Wildman–Crippen MR) is 245 cm³/mol. The number of methoxy groups -OCH3 is 1. The lowest BCUT2D eigenvalue weighted by Crippen LogP contribution is -2.43. The summed E-state index contributed by atoms with van der Waals surface area (Å²) < 4.78 is 16.0. The van der Waals surface area contributed by atoms with Gasteiger partial charge in [-0.1, -0.05) is 41.4 Å². The summed E-state index contributed by atoms with van der Waals surface area (Å²) in [5.74, 6) is 0.362. The van der Waals surface area contributed by atoms with Crippen molar-refractivity contribution in [2.24, 2.45) is 0 Å². The number of pyridine rings is 1. The van der Waals surface area contributed by atoms with Gasteiger partial charge in [-0.05, 0) is 121 Å². The van der Waals surface area contributed by atoms with E-state index in [9.17, 15) is 9.90 Å². The number of hydrogen-bond acceptors (Lipinski definition) is 8. The van der Waals surface area contributed by atoms with Gasteiger partial charge in [-0.2, -0.15) is 0 Å². The number of ether oxygens (including phenoxy) is 2. The number of carboxylic acid groups (broad SMARTS) is 1. The van der Waals surface area contributed by atoms with E-state index in [-0.39, 0.29) is 36.4 Å². The zero-order valence-electron chi connectivity index (χ0n) is 36.1. The summed E-state index contributed by atoms with van der Waals surface area (Å²) in [6, 6.07) is 18.4. The number of anilines is 1. The smallest absolute Gasteiger partial charge is 0.354 e. The molecule has 0 saturated carbocycles. The van der Waals surface area contributed by atoms with Crippen LogP contribution in [0.15, 0.2) is 66.9 Å². The highest BCUT2D eigenvalue weighted by Crippen LogP contribution is 2.47. The molecule has 7 aromatic rings. The van der Waals surface area contributed by atoms with E-state index in [1.54, 1.807) is 28.8 Å². The van der Waals surface area contributed by atoms with Gasteiger partial charge in [0.15, 0.2) is 5.69 Å². The Balaban J connectivity index is 1.33. The highest BCUT2D eigenvalue weighted by molar-refractivity contribution is 6.35. The van der Waals surface area contributed by atoms with Crippen LogP contribution in [-0.2, 0) is 19.5 Å². The van der Waals surface area contributed by atoms with Crippen molar-refractivity contribution in [3.05, 3.63) is 128 Å². The lowest BCUT2D eigenvalue weighted by molar-refractivity contribution is 0.0687. The molecule has 5 heterocycles. The van der Waals surface area contributed by atoms with E-state index < -0.39 is 5.97 Å². The summed E-state index contributed by atoms with van der Waals surface area (Å²) in [4.78, 5) is 47.2. The number of nitrogens with zero attached hydrogens (tertiary/aromatic N) is 7. The molecule has 8 rings (SSSR count). The lowest BCUT2D eigenvalue weighted by atomic mass is 9.97. The first-order valence-corrected chi connectivity index (χ1v) is 21.3. The van der Waals surface area contributed by atoms with Crippen molar-refractivity contribution in [2.45, 2.75) is 66.6 Å². The third kappa shape index (κ3) is 7.54. The van der Waals surface area contributed by atoms with Crippen LogP contribution in [0.1, 0.15) is 80.0 Å². The average Bonchev–Trinajstić information content (AvgIpc) is 3.74. The number of amides is 1. The van der Waals surface area contributed by atoms with Gasteiger partial charge >= 0.3 is 5.97 Å². The van der Waals surface area contributed by atoms with Crippen LogP contribution in [0.3, 0.4) is 0 Å². The molecule has 1 aliphatic rings. The molecule has 320 valence electrons. The summed E-state index contributed by atoms with van der Waals surface area (Å²) in [6.07, 6.45) is 2.73. The Hall–Kier alpha value is -5.95. The van der Waals surface area contributed by atoms with Gasteiger partial charge in [-0.3, -0.25) is 9.78 Å². The van der Waals surface area contributed by atoms with Crippen LogP contribution in [0.25, 0.3) is 32.9 Å². The molecule has 1 atom stereocenters. The molecule has 0 bridgehead atoms. The van der Waals surface area contributed by atoms with E-state index in [1.807, 2.05) is 108 Å². The van der Waals surface area contributed by atoms with Gasteiger partial charge in [-0.25, -0.2) is 14.8 Å². The first-order valence-electron chi connectivity index (χ1n) is 20.6. The molecule has 0 spiro atoms. The molecule has 4 aromatic heterocycles. The molecule has 3 aromatic carbocycles. The normalized spacial score (nSPS) is 14.0. The molecular formula is C48H49Cl2N7O5. The van der Waals surface area contributed by atoms with Gasteiger partial charge in [0.1, 0.15) is 23.0 Å². The predicted octanol–water partition coefficient (Wildman–Crippen LogP) is 10.0. The van der Waals surface area contributed by atoms with Gasteiger partial charge in [0.2, 0.25) is 0 Å². The second-order valence-electron chi connectivity index (χ2n) is 16.3. The number of halogens is 2. The molecule has 62 heavy (non-hydrogen) atoms. The van der Waals surface area contributed by atoms with Crippen molar-refractivity contribution >= 4 is 62.6 Å². The summed E-state index contributed by atoms with van der Waals surface area (Å²) in [5.41, 5.74) is 8.56. The Morgan fingerprint density at radius 2 is 1.69 bits per heavy atom. The molecule has 0 saturated heterocycles. The Kier molecular flexibility index (Phi) is 11.8. The standard InChI is InChI=1S/C48H49Cl2N7O5/c1-26-21-32(22-27(2)42(26)50)62-20-12-14-33-34-17-18-35(49)40(39-29(4)52-38(25-54(6)7)53-30(39)5)43(34)57-28(3)23-56(47(58)44(33)57)45-41-36(15-11-16-37(41)61-8)55(46(45)48(59)60)24-31-13-9-10-19-51-31/h9-11,13,15-19,21-22,28H,12,14,20,23-25H2,1-8H3,(H,59,60)/t28-/m1/s1. The summed E-state index contributed by atoms with van der Waals surface area (Å²) >= 11 is 13.7. The molecular weight excluding hydrogens is 825 g/mol. The van der Waals surface area contributed by atoms with Crippen molar-refractivity contribution < 1.29 is 24.2 Å². The molecule has 12 nitrogen and oxygen atoms in total. The topological polar surface area (TPSA) is 128 Å². The zero-order chi connectivity index (χ0) is 44.1. The number of benzene rings is 3. The van der Waals surface area contributed by atoms with Gasteiger partial charge < -0.3 is 33.5 Å². The maximum atomic E-state index is 15.7. The fourth-order valence-electron chi connectivity index (χ4n) is 9.10. The van der Waals surface area contributed by atoms with Crippen molar-refractivity contribution in [3.8, 4) is 22.6 Å². The van der Waals surface area contributed by atoms with Crippen molar-refractivity contribution in [1.29, 1.82) is 0 Å². The van der Waals surface area contributed by atoms with E-state index in [1.165, 1.54) is 0 Å². The van der Waals surface area contributed by atoms with E-state index in [4.69, 9.17) is 42.6 Å². The molecule has 1 N–H and O–H groups in total. The fraction of sp³-hybridized carbons (Fsp3) is 0.312. The Morgan fingerprint density at radius 1 is 0.968 bits per heavy atom. The molecule has 0 aliphatic carbocycles. The quantitative estimate of drug-likeness (QED) is 0.113. The monoisotopic (exact) mass is 873 g/mol. The Bertz CT molecular complexity index is 2860. The van der Waals surface area contributed by atoms with Gasteiger partial charge in [0.25, 0.3) is 5.91 Å². The largest absolute Gasteiger partial charge is 0.496 e. The first-order chi connectivity index (χ1) is 29.7. The van der Waals surface area contributed by atoms with Crippen LogP contribution in [-0.4, -0.2) is 80.3 Å². The van der Waals surface area contributed by atoms with Crippen LogP contribution in [0, 0.1) is 27.7 Å². The van der Waals surface area contributed by atoms with E-state index >= 15 is 4.79 Å². The molecule has 0 unspecified atom stereocenters. The number of aryl methyl sites for hydroxylation is 5. The highest BCUT2D eigenvalue weighted by Gasteiger charge is 2.40. The second kappa shape index (κ2) is 17.1. The maximum Gasteiger partial charge on any atom is 0.354 e. The lowest BCUT2D eigenvalue weighted by Gasteiger charge is -2.34. The number of carboxylic acids is 1. The molecule has 0 radical (unpaired) electrons. The van der Waals surface area contributed by atoms with Crippen LogP contribution < -0.4 is 14.4 Å². The fourth-order valence-corrected chi connectivity index (χ4v) is 9.46. The van der Waals surface area contributed by atoms with Crippen LogP contribution in [0.5, 0.6) is 11.5 Å².